The Morgan fingerprint density at radius 2 is 2.04 bits per heavy atom. The third-order valence-electron chi connectivity index (χ3n) is 4.56. The molecule has 1 fully saturated rings. The summed E-state index contributed by atoms with van der Waals surface area (Å²) in [7, 11) is 0. The lowest BCUT2D eigenvalue weighted by molar-refractivity contribution is 0.102. The lowest BCUT2D eigenvalue weighted by Gasteiger charge is -2.25. The number of hydrogen-bond donors (Lipinski definition) is 2. The molecule has 3 rings (SSSR count). The van der Waals surface area contributed by atoms with E-state index < -0.39 is 5.91 Å². The number of pyridine rings is 2. The SMILES string of the molecule is CCOc1cccnc1NC(=O)c1c(C)ccn(C2CCNCC2)c1=O.Cl.Cl. The summed E-state index contributed by atoms with van der Waals surface area (Å²) in [6.45, 7) is 5.83. The molecule has 2 aromatic heterocycles. The fraction of sp³-hybridized carbons (Fsp3) is 0.421. The smallest absolute Gasteiger partial charge is 0.263 e. The summed E-state index contributed by atoms with van der Waals surface area (Å²) in [5, 5.41) is 6.01. The topological polar surface area (TPSA) is 85.2 Å². The largest absolute Gasteiger partial charge is 0.490 e. The number of aryl methyl sites for hydroxylation is 1. The van der Waals surface area contributed by atoms with E-state index in [1.807, 2.05) is 13.0 Å². The van der Waals surface area contributed by atoms with Gasteiger partial charge in [-0.05, 0) is 63.5 Å². The fourth-order valence-electron chi connectivity index (χ4n) is 3.22. The molecule has 28 heavy (non-hydrogen) atoms. The van der Waals surface area contributed by atoms with E-state index >= 15 is 0 Å². The summed E-state index contributed by atoms with van der Waals surface area (Å²) in [6, 6.07) is 5.40. The minimum absolute atomic E-state index is 0. The van der Waals surface area contributed by atoms with Gasteiger partial charge in [0.25, 0.3) is 11.5 Å². The zero-order valence-electron chi connectivity index (χ0n) is 15.9. The lowest BCUT2D eigenvalue weighted by atomic mass is 10.0. The highest BCUT2D eigenvalue weighted by Gasteiger charge is 2.22. The van der Waals surface area contributed by atoms with Gasteiger partial charge in [0.05, 0.1) is 6.61 Å². The second-order valence-electron chi connectivity index (χ2n) is 6.30. The Hall–Kier alpha value is -2.09. The maximum atomic E-state index is 13.0. The van der Waals surface area contributed by atoms with Crippen molar-refractivity contribution in [2.45, 2.75) is 32.7 Å². The molecule has 9 heteroatoms. The average Bonchev–Trinajstić information content (AvgIpc) is 2.64. The van der Waals surface area contributed by atoms with Crippen LogP contribution in [0.1, 0.15) is 41.7 Å². The van der Waals surface area contributed by atoms with Crippen molar-refractivity contribution in [2.75, 3.05) is 25.0 Å². The first-order valence-corrected chi connectivity index (χ1v) is 8.93. The first-order chi connectivity index (χ1) is 12.6. The first-order valence-electron chi connectivity index (χ1n) is 8.93. The highest BCUT2D eigenvalue weighted by molar-refractivity contribution is 6.05. The number of aromatic nitrogens is 2. The molecule has 0 radical (unpaired) electrons. The van der Waals surface area contributed by atoms with Crippen LogP contribution in [0.4, 0.5) is 5.82 Å². The highest BCUT2D eigenvalue weighted by Crippen LogP contribution is 2.22. The number of nitrogens with one attached hydrogen (secondary N) is 2. The maximum absolute atomic E-state index is 13.0. The maximum Gasteiger partial charge on any atom is 0.263 e. The van der Waals surface area contributed by atoms with Gasteiger partial charge in [-0.1, -0.05) is 0 Å². The van der Waals surface area contributed by atoms with Gasteiger partial charge in [-0.15, -0.1) is 24.8 Å². The molecule has 2 aromatic rings. The van der Waals surface area contributed by atoms with Gasteiger partial charge in [0.15, 0.2) is 11.6 Å². The molecule has 1 aliphatic heterocycles. The highest BCUT2D eigenvalue weighted by atomic mass is 35.5. The van der Waals surface area contributed by atoms with E-state index in [0.29, 0.717) is 23.7 Å². The Morgan fingerprint density at radius 1 is 1.32 bits per heavy atom. The molecule has 0 saturated carbocycles. The van der Waals surface area contributed by atoms with Crippen LogP contribution in [0, 0.1) is 6.92 Å². The molecule has 1 saturated heterocycles. The van der Waals surface area contributed by atoms with Gasteiger partial charge in [0.2, 0.25) is 0 Å². The van der Waals surface area contributed by atoms with Crippen LogP contribution in [0.5, 0.6) is 5.75 Å². The van der Waals surface area contributed by atoms with E-state index in [0.717, 1.165) is 25.9 Å². The van der Waals surface area contributed by atoms with E-state index in [1.165, 1.54) is 0 Å². The van der Waals surface area contributed by atoms with Crippen molar-refractivity contribution in [3.05, 3.63) is 52.1 Å². The van der Waals surface area contributed by atoms with Crippen molar-refractivity contribution in [3.63, 3.8) is 0 Å². The van der Waals surface area contributed by atoms with Gasteiger partial charge in [-0.2, -0.15) is 0 Å². The number of carbonyl (C=O) groups excluding carboxylic acids is 1. The molecule has 0 unspecified atom stereocenters. The third-order valence-corrected chi connectivity index (χ3v) is 4.56. The third kappa shape index (κ3) is 5.25. The van der Waals surface area contributed by atoms with Gasteiger partial charge in [0.1, 0.15) is 5.56 Å². The summed E-state index contributed by atoms with van der Waals surface area (Å²) in [6.07, 6.45) is 5.11. The summed E-state index contributed by atoms with van der Waals surface area (Å²) < 4.78 is 7.17. The van der Waals surface area contributed by atoms with Crippen molar-refractivity contribution in [1.29, 1.82) is 0 Å². The molecule has 0 aromatic carbocycles. The first kappa shape index (κ1) is 23.9. The molecule has 2 N–H and O–H groups in total. The van der Waals surface area contributed by atoms with Crippen molar-refractivity contribution in [3.8, 4) is 5.75 Å². The van der Waals surface area contributed by atoms with Crippen LogP contribution >= 0.6 is 24.8 Å². The molecule has 0 atom stereocenters. The minimum atomic E-state index is -0.463. The van der Waals surface area contributed by atoms with Crippen LogP contribution in [0.25, 0.3) is 0 Å². The lowest BCUT2D eigenvalue weighted by Crippen LogP contribution is -2.37. The molecule has 3 heterocycles. The van der Waals surface area contributed by atoms with Crippen LogP contribution in [0.3, 0.4) is 0 Å². The van der Waals surface area contributed by atoms with Gasteiger partial charge in [-0.25, -0.2) is 4.98 Å². The number of nitrogens with zero attached hydrogens (tertiary/aromatic N) is 2. The molecule has 0 spiro atoms. The monoisotopic (exact) mass is 428 g/mol. The Morgan fingerprint density at radius 3 is 2.71 bits per heavy atom. The van der Waals surface area contributed by atoms with Crippen molar-refractivity contribution < 1.29 is 9.53 Å². The number of rotatable bonds is 5. The van der Waals surface area contributed by atoms with E-state index in [4.69, 9.17) is 4.74 Å². The average molecular weight is 429 g/mol. The van der Waals surface area contributed by atoms with E-state index in [-0.39, 0.29) is 42.0 Å². The van der Waals surface area contributed by atoms with Crippen molar-refractivity contribution in [2.24, 2.45) is 0 Å². The van der Waals surface area contributed by atoms with Gasteiger partial charge in [-0.3, -0.25) is 9.59 Å². The number of halogens is 2. The molecule has 154 valence electrons. The summed E-state index contributed by atoms with van der Waals surface area (Å²) in [4.78, 5) is 29.9. The predicted molar refractivity (Wildman–Crippen MR) is 114 cm³/mol. The molecular weight excluding hydrogens is 403 g/mol. The predicted octanol–water partition coefficient (Wildman–Crippen LogP) is 2.97. The number of anilines is 1. The van der Waals surface area contributed by atoms with Crippen LogP contribution in [0.15, 0.2) is 35.4 Å². The van der Waals surface area contributed by atoms with E-state index in [1.54, 1.807) is 36.0 Å². The second-order valence-corrected chi connectivity index (χ2v) is 6.30. The number of ether oxygens (including phenoxy) is 1. The molecular formula is C19H26Cl2N4O3. The normalized spacial score (nSPS) is 13.8. The quantitative estimate of drug-likeness (QED) is 0.764. The summed E-state index contributed by atoms with van der Waals surface area (Å²) in [5.41, 5.74) is 0.536. The van der Waals surface area contributed by atoms with Crippen LogP contribution in [0.2, 0.25) is 0 Å². The van der Waals surface area contributed by atoms with Crippen molar-refractivity contribution >= 4 is 36.5 Å². The number of piperidine rings is 1. The van der Waals surface area contributed by atoms with Crippen LogP contribution in [-0.2, 0) is 0 Å². The summed E-state index contributed by atoms with van der Waals surface area (Å²) in [5.74, 6) is 0.335. The zero-order chi connectivity index (χ0) is 18.5. The Balaban J connectivity index is 0.00000196. The van der Waals surface area contributed by atoms with Crippen molar-refractivity contribution in [1.82, 2.24) is 14.9 Å². The van der Waals surface area contributed by atoms with Gasteiger partial charge < -0.3 is 19.9 Å². The molecule has 0 aliphatic carbocycles. The molecule has 7 nitrogen and oxygen atoms in total. The summed E-state index contributed by atoms with van der Waals surface area (Å²) >= 11 is 0. The zero-order valence-corrected chi connectivity index (χ0v) is 17.6. The number of hydrogen-bond acceptors (Lipinski definition) is 5. The molecule has 0 bridgehead atoms. The molecule has 1 amide bonds. The second kappa shape index (κ2) is 11.0. The molecule has 1 aliphatic rings. The number of carbonyl (C=O) groups is 1. The van der Waals surface area contributed by atoms with E-state index in [9.17, 15) is 9.59 Å². The van der Waals surface area contributed by atoms with Gasteiger partial charge in [0, 0.05) is 18.4 Å². The van der Waals surface area contributed by atoms with Gasteiger partial charge >= 0.3 is 0 Å². The Labute approximate surface area is 176 Å². The van der Waals surface area contributed by atoms with Crippen LogP contribution in [-0.4, -0.2) is 35.2 Å². The van der Waals surface area contributed by atoms with E-state index in [2.05, 4.69) is 15.6 Å². The minimum Gasteiger partial charge on any atom is -0.490 e. The Bertz CT molecular complexity index is 851. The standard InChI is InChI=1S/C19H24N4O3.2ClH/c1-3-26-15-5-4-9-21-17(15)22-18(24)16-13(2)8-12-23(19(16)25)14-6-10-20-11-7-14;;/h4-5,8-9,12,14,20H,3,6-7,10-11H2,1-2H3,(H,21,22,24);2*1H. The number of amides is 1. The Kier molecular flexibility index (Phi) is 9.45. The fourth-order valence-corrected chi connectivity index (χ4v) is 3.22. The van der Waals surface area contributed by atoms with Crippen LogP contribution < -0.4 is 20.9 Å².